The molecule has 0 radical (unpaired) electrons. The molecule has 0 atom stereocenters. The van der Waals surface area contributed by atoms with Gasteiger partial charge in [-0.05, 0) is 42.5 Å². The third kappa shape index (κ3) is 3.32. The molecule has 1 fully saturated rings. The monoisotopic (exact) mass is 344 g/mol. The van der Waals surface area contributed by atoms with Gasteiger partial charge >= 0.3 is 0 Å². The third-order valence-corrected chi connectivity index (χ3v) is 4.83. The Balaban J connectivity index is 1.61. The summed E-state index contributed by atoms with van der Waals surface area (Å²) in [5.74, 6) is 3.19. The Labute approximate surface area is 146 Å². The lowest BCUT2D eigenvalue weighted by molar-refractivity contribution is 0.311. The van der Waals surface area contributed by atoms with Crippen LogP contribution in [0.3, 0.4) is 0 Å². The number of benzene rings is 1. The Bertz CT molecular complexity index is 748. The van der Waals surface area contributed by atoms with Gasteiger partial charge in [0.1, 0.15) is 17.5 Å². The highest BCUT2D eigenvalue weighted by Crippen LogP contribution is 2.39. The zero-order valence-corrected chi connectivity index (χ0v) is 14.3. The van der Waals surface area contributed by atoms with E-state index in [1.807, 2.05) is 12.1 Å². The van der Waals surface area contributed by atoms with E-state index in [0.29, 0.717) is 12.5 Å². The summed E-state index contributed by atoms with van der Waals surface area (Å²) in [7, 11) is 0. The minimum atomic E-state index is 0.0932. The van der Waals surface area contributed by atoms with Crippen LogP contribution in [0.1, 0.15) is 35.7 Å². The van der Waals surface area contributed by atoms with Crippen molar-refractivity contribution in [1.82, 2.24) is 9.97 Å². The molecule has 4 rings (SSSR count). The molecule has 0 unspecified atom stereocenters. The molecule has 2 aromatic rings. The van der Waals surface area contributed by atoms with Crippen molar-refractivity contribution >= 4 is 23.2 Å². The average molecular weight is 345 g/mol. The lowest BCUT2D eigenvalue weighted by atomic mass is 10.00. The van der Waals surface area contributed by atoms with E-state index in [1.165, 1.54) is 24.0 Å². The van der Waals surface area contributed by atoms with Crippen molar-refractivity contribution in [3.05, 3.63) is 46.2 Å². The smallest absolute Gasteiger partial charge is 0.136 e. The van der Waals surface area contributed by atoms with Crippen molar-refractivity contribution in [2.24, 2.45) is 0 Å². The van der Waals surface area contributed by atoms with E-state index in [4.69, 9.17) is 21.7 Å². The summed E-state index contributed by atoms with van der Waals surface area (Å²) in [6.45, 7) is 2.36. The van der Waals surface area contributed by atoms with Gasteiger partial charge in [-0.3, -0.25) is 0 Å². The van der Waals surface area contributed by atoms with Crippen molar-refractivity contribution in [3.63, 3.8) is 0 Å². The maximum atomic E-state index is 9.04. The summed E-state index contributed by atoms with van der Waals surface area (Å²) in [6.07, 6.45) is 3.31. The van der Waals surface area contributed by atoms with Crippen LogP contribution in [0.25, 0.3) is 0 Å². The van der Waals surface area contributed by atoms with Gasteiger partial charge in [-0.2, -0.15) is 0 Å². The Morgan fingerprint density at radius 3 is 2.88 bits per heavy atom. The fourth-order valence-corrected chi connectivity index (χ4v) is 3.33. The number of hydrogen-bond acceptors (Lipinski definition) is 5. The van der Waals surface area contributed by atoms with Gasteiger partial charge in [0.15, 0.2) is 0 Å². The molecule has 2 heterocycles. The molecule has 6 heteroatoms. The molecule has 1 aliphatic heterocycles. The largest absolute Gasteiger partial charge is 0.395 e. The first kappa shape index (κ1) is 15.7. The predicted molar refractivity (Wildman–Crippen MR) is 95.8 cm³/mol. The number of aliphatic hydroxyl groups is 1. The first-order valence-electron chi connectivity index (χ1n) is 8.49. The molecule has 1 aromatic heterocycles. The normalized spacial score (nSPS) is 16.8. The Morgan fingerprint density at radius 2 is 2.08 bits per heavy atom. The molecule has 0 amide bonds. The minimum Gasteiger partial charge on any atom is -0.395 e. The zero-order chi connectivity index (χ0) is 16.5. The van der Waals surface area contributed by atoms with Gasteiger partial charge in [-0.25, -0.2) is 9.97 Å². The van der Waals surface area contributed by atoms with E-state index in [2.05, 4.69) is 27.3 Å². The highest BCUT2D eigenvalue weighted by atomic mass is 35.5. The van der Waals surface area contributed by atoms with Gasteiger partial charge in [-0.1, -0.05) is 17.7 Å². The van der Waals surface area contributed by atoms with E-state index in [1.54, 1.807) is 0 Å². The van der Waals surface area contributed by atoms with Crippen molar-refractivity contribution in [2.75, 3.05) is 29.9 Å². The van der Waals surface area contributed by atoms with Crippen LogP contribution in [0.15, 0.2) is 24.3 Å². The second kappa shape index (κ2) is 6.57. The molecule has 0 spiro atoms. The molecule has 0 saturated heterocycles. The third-order valence-electron chi connectivity index (χ3n) is 4.59. The van der Waals surface area contributed by atoms with Crippen LogP contribution in [-0.2, 0) is 13.0 Å². The molecular weight excluding hydrogens is 324 g/mol. The summed E-state index contributed by atoms with van der Waals surface area (Å²) < 4.78 is 0. The second-order valence-corrected chi connectivity index (χ2v) is 6.92. The van der Waals surface area contributed by atoms with Gasteiger partial charge in [0.25, 0.3) is 0 Å². The minimum absolute atomic E-state index is 0.0932. The number of halogens is 1. The van der Waals surface area contributed by atoms with Crippen LogP contribution in [0.4, 0.5) is 11.6 Å². The molecule has 1 aliphatic carbocycles. The van der Waals surface area contributed by atoms with Crippen LogP contribution in [-0.4, -0.2) is 34.8 Å². The zero-order valence-electron chi connectivity index (χ0n) is 13.5. The van der Waals surface area contributed by atoms with Crippen molar-refractivity contribution < 1.29 is 5.11 Å². The average Bonchev–Trinajstić information content (AvgIpc) is 3.44. The van der Waals surface area contributed by atoms with E-state index in [-0.39, 0.29) is 6.61 Å². The van der Waals surface area contributed by atoms with Crippen LogP contribution in [0.2, 0.25) is 5.02 Å². The van der Waals surface area contributed by atoms with Crippen molar-refractivity contribution in [1.29, 1.82) is 0 Å². The predicted octanol–water partition coefficient (Wildman–Crippen LogP) is 2.97. The number of rotatable bonds is 5. The van der Waals surface area contributed by atoms with Gasteiger partial charge in [-0.15, -0.1) is 0 Å². The second-order valence-electron chi connectivity index (χ2n) is 6.48. The van der Waals surface area contributed by atoms with Crippen molar-refractivity contribution in [3.8, 4) is 0 Å². The van der Waals surface area contributed by atoms with Gasteiger partial charge in [0, 0.05) is 36.6 Å². The molecule has 1 saturated carbocycles. The Morgan fingerprint density at radius 1 is 1.21 bits per heavy atom. The van der Waals surface area contributed by atoms with Gasteiger partial charge in [0.05, 0.1) is 6.61 Å². The van der Waals surface area contributed by atoms with Crippen LogP contribution in [0, 0.1) is 0 Å². The summed E-state index contributed by atoms with van der Waals surface area (Å²) >= 11 is 6.10. The van der Waals surface area contributed by atoms with E-state index in [0.717, 1.165) is 42.0 Å². The lowest BCUT2D eigenvalue weighted by Gasteiger charge is -2.30. The molecule has 0 bridgehead atoms. The van der Waals surface area contributed by atoms with Crippen LogP contribution in [0.5, 0.6) is 0 Å². The first-order valence-corrected chi connectivity index (χ1v) is 8.86. The summed E-state index contributed by atoms with van der Waals surface area (Å²) in [5, 5.41) is 13.0. The number of aliphatic hydroxyl groups excluding tert-OH is 1. The molecule has 126 valence electrons. The number of nitrogens with zero attached hydrogens (tertiary/aromatic N) is 3. The number of hydrogen-bond donors (Lipinski definition) is 2. The highest BCUT2D eigenvalue weighted by Gasteiger charge is 2.28. The van der Waals surface area contributed by atoms with E-state index >= 15 is 0 Å². The van der Waals surface area contributed by atoms with Crippen LogP contribution < -0.4 is 10.2 Å². The standard InChI is InChI=1S/C18H21ClN4O/c19-15-4-3-14-11-23(7-5-13(14)9-15)17-10-16(20-6-8-24)21-18(22-17)12-1-2-12/h3-4,9-10,12,24H,1-2,5-8,11H2,(H,20,21,22). The quantitative estimate of drug-likeness (QED) is 0.873. The van der Waals surface area contributed by atoms with Crippen LogP contribution >= 0.6 is 11.6 Å². The fraction of sp³-hybridized carbons (Fsp3) is 0.444. The van der Waals surface area contributed by atoms with E-state index < -0.39 is 0 Å². The SMILES string of the molecule is OCCNc1cc(N2CCc3cc(Cl)ccc3C2)nc(C2CC2)n1. The molecule has 5 nitrogen and oxygen atoms in total. The topological polar surface area (TPSA) is 61.3 Å². The van der Waals surface area contributed by atoms with Crippen molar-refractivity contribution in [2.45, 2.75) is 31.7 Å². The number of fused-ring (bicyclic) bond motifs is 1. The molecule has 2 N–H and O–H groups in total. The number of anilines is 2. The molecule has 1 aromatic carbocycles. The first-order chi connectivity index (χ1) is 11.7. The van der Waals surface area contributed by atoms with Gasteiger partial charge < -0.3 is 15.3 Å². The fourth-order valence-electron chi connectivity index (χ4n) is 3.13. The lowest BCUT2D eigenvalue weighted by Crippen LogP contribution is -2.31. The molecule has 2 aliphatic rings. The maximum absolute atomic E-state index is 9.04. The molecule has 24 heavy (non-hydrogen) atoms. The maximum Gasteiger partial charge on any atom is 0.136 e. The molecular formula is C18H21ClN4O. The Hall–Kier alpha value is -1.85. The number of nitrogens with one attached hydrogen (secondary N) is 1. The highest BCUT2D eigenvalue weighted by molar-refractivity contribution is 6.30. The Kier molecular flexibility index (Phi) is 4.29. The van der Waals surface area contributed by atoms with E-state index in [9.17, 15) is 0 Å². The summed E-state index contributed by atoms with van der Waals surface area (Å²) in [6, 6.07) is 8.12. The number of aromatic nitrogens is 2. The summed E-state index contributed by atoms with van der Waals surface area (Å²) in [5.41, 5.74) is 2.64. The van der Waals surface area contributed by atoms with Gasteiger partial charge in [0.2, 0.25) is 0 Å². The summed E-state index contributed by atoms with van der Waals surface area (Å²) in [4.78, 5) is 11.7.